The van der Waals surface area contributed by atoms with Crippen LogP contribution in [-0.2, 0) is 0 Å². The fourth-order valence-electron chi connectivity index (χ4n) is 4.09. The number of fused-ring (bicyclic) bond motifs is 1. The molecule has 4 aromatic rings. The Hall–Kier alpha value is -3.90. The minimum Gasteiger partial charge on any atom is -0.369 e. The summed E-state index contributed by atoms with van der Waals surface area (Å²) in [6.07, 6.45) is 3.98. The molecule has 0 saturated carbocycles. The van der Waals surface area contributed by atoms with Crippen LogP contribution in [0.1, 0.15) is 12.0 Å². The van der Waals surface area contributed by atoms with Crippen LogP contribution in [0, 0.1) is 28.8 Å². The summed E-state index contributed by atoms with van der Waals surface area (Å²) in [4.78, 5) is 13.7. The summed E-state index contributed by atoms with van der Waals surface area (Å²) in [5.41, 5.74) is 8.84. The molecule has 9 heteroatoms. The molecular formula is C23H17F3N6. The van der Waals surface area contributed by atoms with E-state index in [0.717, 1.165) is 18.2 Å². The molecule has 1 aliphatic heterocycles. The van der Waals surface area contributed by atoms with Crippen LogP contribution in [0.25, 0.3) is 33.5 Å². The van der Waals surface area contributed by atoms with Crippen molar-refractivity contribution >= 4 is 16.7 Å². The predicted molar refractivity (Wildman–Crippen MR) is 114 cm³/mol. The summed E-state index contributed by atoms with van der Waals surface area (Å²) < 4.78 is 41.9. The van der Waals surface area contributed by atoms with E-state index in [1.54, 1.807) is 18.5 Å². The summed E-state index contributed by atoms with van der Waals surface area (Å²) in [5.74, 6) is -2.31. The maximum atomic E-state index is 14.3. The molecule has 5 rings (SSSR count). The number of aromatic nitrogens is 3. The summed E-state index contributed by atoms with van der Waals surface area (Å²) in [5, 5.41) is 9.25. The molecule has 2 aromatic heterocycles. The first kappa shape index (κ1) is 20.0. The minimum atomic E-state index is -1.03. The van der Waals surface area contributed by atoms with E-state index < -0.39 is 17.5 Å². The smallest absolute Gasteiger partial charge is 0.186 e. The molecule has 1 aliphatic rings. The van der Waals surface area contributed by atoms with Crippen LogP contribution in [0.5, 0.6) is 0 Å². The second-order valence-electron chi connectivity index (χ2n) is 7.73. The third-order valence-corrected chi connectivity index (χ3v) is 5.66. The zero-order valence-electron chi connectivity index (χ0n) is 16.7. The normalized spacial score (nSPS) is 16.0. The lowest BCUT2D eigenvalue weighted by atomic mass is 9.99. The van der Waals surface area contributed by atoms with Crippen molar-refractivity contribution in [3.8, 4) is 28.6 Å². The van der Waals surface area contributed by atoms with Crippen molar-refractivity contribution in [3.63, 3.8) is 0 Å². The van der Waals surface area contributed by atoms with Gasteiger partial charge in [-0.15, -0.1) is 0 Å². The monoisotopic (exact) mass is 434 g/mol. The number of nitrogens with one attached hydrogen (secondary N) is 1. The number of benzene rings is 2. The van der Waals surface area contributed by atoms with Crippen LogP contribution in [0.4, 0.5) is 18.9 Å². The van der Waals surface area contributed by atoms with Crippen LogP contribution >= 0.6 is 0 Å². The number of nitrogens with zero attached hydrogens (tertiary/aromatic N) is 4. The van der Waals surface area contributed by atoms with Gasteiger partial charge < -0.3 is 15.6 Å². The Morgan fingerprint density at radius 2 is 1.88 bits per heavy atom. The van der Waals surface area contributed by atoms with Gasteiger partial charge in [0.05, 0.1) is 22.3 Å². The summed E-state index contributed by atoms with van der Waals surface area (Å²) >= 11 is 0. The molecule has 0 bridgehead atoms. The van der Waals surface area contributed by atoms with Crippen LogP contribution in [0.2, 0.25) is 0 Å². The Kier molecular flexibility index (Phi) is 4.79. The van der Waals surface area contributed by atoms with E-state index in [2.05, 4.69) is 19.9 Å². The highest BCUT2D eigenvalue weighted by Crippen LogP contribution is 2.40. The lowest BCUT2D eigenvalue weighted by molar-refractivity contribution is 0.515. The fraction of sp³-hybridized carbons (Fsp3) is 0.174. The Morgan fingerprint density at radius 1 is 1.09 bits per heavy atom. The SMILES string of the molecule is N#Cc1cc(-c2cncc(-c3nc4c(F)c(F)ccc4[nH]3)c2N2CC[C@H](N)C2)ccc1F. The number of nitrogens with two attached hydrogens (primary N) is 1. The van der Waals surface area contributed by atoms with Crippen LogP contribution in [-0.4, -0.2) is 34.1 Å². The van der Waals surface area contributed by atoms with Crippen molar-refractivity contribution in [2.75, 3.05) is 18.0 Å². The molecule has 0 aliphatic carbocycles. The van der Waals surface area contributed by atoms with Gasteiger partial charge in [-0.2, -0.15) is 5.26 Å². The lowest BCUT2D eigenvalue weighted by Crippen LogP contribution is -2.27. The molecule has 6 nitrogen and oxygen atoms in total. The number of aromatic amines is 1. The van der Waals surface area contributed by atoms with E-state index in [4.69, 9.17) is 5.73 Å². The van der Waals surface area contributed by atoms with Crippen molar-refractivity contribution < 1.29 is 13.2 Å². The summed E-state index contributed by atoms with van der Waals surface area (Å²) in [7, 11) is 0. The van der Waals surface area contributed by atoms with Gasteiger partial charge in [0, 0.05) is 37.1 Å². The largest absolute Gasteiger partial charge is 0.369 e. The highest BCUT2D eigenvalue weighted by molar-refractivity contribution is 5.91. The number of hydrogen-bond donors (Lipinski definition) is 2. The molecular weight excluding hydrogens is 417 g/mol. The van der Waals surface area contributed by atoms with Gasteiger partial charge >= 0.3 is 0 Å². The lowest BCUT2D eigenvalue weighted by Gasteiger charge is -2.24. The van der Waals surface area contributed by atoms with Crippen LogP contribution < -0.4 is 10.6 Å². The van der Waals surface area contributed by atoms with Crippen molar-refractivity contribution in [2.45, 2.75) is 12.5 Å². The first-order valence-electron chi connectivity index (χ1n) is 9.99. The second-order valence-corrected chi connectivity index (χ2v) is 7.73. The number of H-pyrrole nitrogens is 1. The zero-order chi connectivity index (χ0) is 22.4. The van der Waals surface area contributed by atoms with Gasteiger partial charge in [0.1, 0.15) is 23.2 Å². The highest BCUT2D eigenvalue weighted by atomic mass is 19.2. The molecule has 3 N–H and O–H groups in total. The second kappa shape index (κ2) is 7.66. The van der Waals surface area contributed by atoms with E-state index in [-0.39, 0.29) is 17.1 Å². The fourth-order valence-corrected chi connectivity index (χ4v) is 4.09. The number of hydrogen-bond acceptors (Lipinski definition) is 5. The number of nitriles is 1. The average molecular weight is 434 g/mol. The van der Waals surface area contributed by atoms with Gasteiger partial charge in [-0.1, -0.05) is 6.07 Å². The van der Waals surface area contributed by atoms with Crippen molar-refractivity contribution in [3.05, 3.63) is 65.7 Å². The summed E-state index contributed by atoms with van der Waals surface area (Å²) in [6, 6.07) is 8.55. The van der Waals surface area contributed by atoms with Gasteiger partial charge in [0.25, 0.3) is 0 Å². The van der Waals surface area contributed by atoms with Gasteiger partial charge in [-0.25, -0.2) is 18.2 Å². The Bertz CT molecular complexity index is 1390. The van der Waals surface area contributed by atoms with Crippen LogP contribution in [0.15, 0.2) is 42.7 Å². The third-order valence-electron chi connectivity index (χ3n) is 5.66. The number of rotatable bonds is 3. The van der Waals surface area contributed by atoms with Gasteiger partial charge in [-0.05, 0) is 36.2 Å². The first-order valence-corrected chi connectivity index (χ1v) is 9.99. The first-order chi connectivity index (χ1) is 15.5. The van der Waals surface area contributed by atoms with Gasteiger partial charge in [0.2, 0.25) is 0 Å². The molecule has 1 fully saturated rings. The van der Waals surface area contributed by atoms with E-state index in [1.165, 1.54) is 18.2 Å². The van der Waals surface area contributed by atoms with E-state index in [9.17, 15) is 18.4 Å². The number of anilines is 1. The van der Waals surface area contributed by atoms with Crippen molar-refractivity contribution in [2.24, 2.45) is 5.73 Å². The molecule has 3 heterocycles. The standard InChI is InChI=1S/C23H17F3N6/c24-17-2-1-12(7-13(17)8-27)15-9-29-10-16(22(15)32-6-5-14(28)11-32)23-30-19-4-3-18(25)20(26)21(19)31-23/h1-4,7,9-10,14H,5-6,11,28H2,(H,30,31)/t14-/m0/s1. The number of imidazole rings is 1. The molecule has 2 aromatic carbocycles. The Morgan fingerprint density at radius 3 is 2.62 bits per heavy atom. The third kappa shape index (κ3) is 3.25. The number of pyridine rings is 1. The quantitative estimate of drug-likeness (QED) is 0.506. The van der Waals surface area contributed by atoms with Crippen LogP contribution in [0.3, 0.4) is 0 Å². The van der Waals surface area contributed by atoms with Gasteiger partial charge in [-0.3, -0.25) is 4.98 Å². The highest BCUT2D eigenvalue weighted by Gasteiger charge is 2.27. The molecule has 0 radical (unpaired) electrons. The van der Waals surface area contributed by atoms with Crippen molar-refractivity contribution in [1.82, 2.24) is 15.0 Å². The molecule has 1 saturated heterocycles. The molecule has 160 valence electrons. The van der Waals surface area contributed by atoms with E-state index >= 15 is 0 Å². The van der Waals surface area contributed by atoms with Gasteiger partial charge in [0.15, 0.2) is 11.6 Å². The predicted octanol–water partition coefficient (Wildman–Crippen LogP) is 4.12. The Labute approximate surface area is 181 Å². The topological polar surface area (TPSA) is 94.6 Å². The van der Waals surface area contributed by atoms with Crippen molar-refractivity contribution in [1.29, 1.82) is 5.26 Å². The molecule has 1 atom stereocenters. The van der Waals surface area contributed by atoms with E-state index in [1.807, 2.05) is 6.07 Å². The number of halogens is 3. The minimum absolute atomic E-state index is 0.0334. The maximum Gasteiger partial charge on any atom is 0.186 e. The Balaban J connectivity index is 1.74. The zero-order valence-corrected chi connectivity index (χ0v) is 16.7. The maximum absolute atomic E-state index is 14.3. The molecule has 0 amide bonds. The molecule has 32 heavy (non-hydrogen) atoms. The molecule has 0 unspecified atom stereocenters. The average Bonchev–Trinajstić information content (AvgIpc) is 3.43. The summed E-state index contributed by atoms with van der Waals surface area (Å²) in [6.45, 7) is 1.24. The van der Waals surface area contributed by atoms with E-state index in [0.29, 0.717) is 41.1 Å². The molecule has 0 spiro atoms.